The van der Waals surface area contributed by atoms with E-state index in [1.165, 1.54) is 7.11 Å². The Morgan fingerprint density at radius 2 is 2.12 bits per heavy atom. The van der Waals surface area contributed by atoms with Crippen LogP contribution in [0.2, 0.25) is 0 Å². The second kappa shape index (κ2) is 4.99. The van der Waals surface area contributed by atoms with Gasteiger partial charge in [-0.1, -0.05) is 0 Å². The molecule has 0 aliphatic carbocycles. The van der Waals surface area contributed by atoms with E-state index in [2.05, 4.69) is 0 Å². The number of carbonyl (C=O) groups is 1. The zero-order chi connectivity index (χ0) is 12.3. The van der Waals surface area contributed by atoms with Gasteiger partial charge in [0.25, 0.3) is 0 Å². The first-order valence-electron chi connectivity index (χ1n) is 5.13. The quantitative estimate of drug-likeness (QED) is 0.759. The second-order valence-electron chi connectivity index (χ2n) is 3.71. The molecule has 0 fully saturated rings. The van der Waals surface area contributed by atoms with Crippen LogP contribution in [0.15, 0.2) is 6.07 Å². The Labute approximate surface area is 95.0 Å². The summed E-state index contributed by atoms with van der Waals surface area (Å²) in [4.78, 5) is 11.8. The van der Waals surface area contributed by atoms with Gasteiger partial charge in [0.2, 0.25) is 0 Å². The van der Waals surface area contributed by atoms with Crippen molar-refractivity contribution in [1.29, 1.82) is 0 Å². The molecule has 0 aliphatic heterocycles. The number of benzene rings is 1. The number of phenolic OH excluding ortho intramolecular Hbond substituents is 1. The summed E-state index contributed by atoms with van der Waals surface area (Å²) in [5.74, 6) is 0.422. The lowest BCUT2D eigenvalue weighted by Crippen LogP contribution is -2.10. The maximum absolute atomic E-state index is 11.8. The van der Waals surface area contributed by atoms with E-state index in [1.807, 2.05) is 0 Å². The van der Waals surface area contributed by atoms with Crippen LogP contribution < -0.4 is 10.5 Å². The minimum Gasteiger partial charge on any atom is -0.504 e. The smallest absolute Gasteiger partial charge is 0.164 e. The highest BCUT2D eigenvalue weighted by atomic mass is 16.5. The average molecular weight is 223 g/mol. The van der Waals surface area contributed by atoms with Crippen molar-refractivity contribution in [2.45, 2.75) is 20.3 Å². The number of aryl methyl sites for hydroxylation is 1. The maximum atomic E-state index is 11.8. The van der Waals surface area contributed by atoms with Gasteiger partial charge in [-0.2, -0.15) is 0 Å². The van der Waals surface area contributed by atoms with E-state index in [0.717, 1.165) is 0 Å². The Bertz CT molecular complexity index is 413. The van der Waals surface area contributed by atoms with Gasteiger partial charge in [0, 0.05) is 17.5 Å². The number of carbonyl (C=O) groups excluding carboxylic acids is 1. The van der Waals surface area contributed by atoms with Crippen LogP contribution in [0.4, 0.5) is 0 Å². The fourth-order valence-electron chi connectivity index (χ4n) is 1.68. The normalized spacial score (nSPS) is 10.2. The summed E-state index contributed by atoms with van der Waals surface area (Å²) in [6.45, 7) is 3.80. The standard InChI is InChI=1S/C12H17NO3/c1-7-6-9(10(14)4-5-13)8(2)12(16-3)11(7)15/h6,15H,4-5,13H2,1-3H3. The highest BCUT2D eigenvalue weighted by Gasteiger charge is 2.17. The molecule has 1 aromatic carbocycles. The first-order valence-corrected chi connectivity index (χ1v) is 5.13. The fourth-order valence-corrected chi connectivity index (χ4v) is 1.68. The van der Waals surface area contributed by atoms with Crippen molar-refractivity contribution in [1.82, 2.24) is 0 Å². The average Bonchev–Trinajstić information content (AvgIpc) is 2.24. The van der Waals surface area contributed by atoms with E-state index >= 15 is 0 Å². The van der Waals surface area contributed by atoms with E-state index in [9.17, 15) is 9.90 Å². The lowest BCUT2D eigenvalue weighted by molar-refractivity contribution is 0.0984. The van der Waals surface area contributed by atoms with Gasteiger partial charge in [0.05, 0.1) is 7.11 Å². The molecule has 88 valence electrons. The third kappa shape index (κ3) is 2.17. The summed E-state index contributed by atoms with van der Waals surface area (Å²) in [6, 6.07) is 1.67. The first-order chi connectivity index (χ1) is 7.52. The van der Waals surface area contributed by atoms with Crippen LogP contribution >= 0.6 is 0 Å². The van der Waals surface area contributed by atoms with Gasteiger partial charge in [0.15, 0.2) is 17.3 Å². The van der Waals surface area contributed by atoms with Crippen LogP contribution in [0.3, 0.4) is 0 Å². The molecule has 1 aromatic rings. The third-order valence-corrected chi connectivity index (χ3v) is 2.57. The molecule has 0 spiro atoms. The highest BCUT2D eigenvalue weighted by Crippen LogP contribution is 2.35. The Hall–Kier alpha value is -1.55. The molecule has 3 N–H and O–H groups in total. The van der Waals surface area contributed by atoms with Crippen molar-refractivity contribution in [3.05, 3.63) is 22.8 Å². The number of nitrogens with two attached hydrogens (primary N) is 1. The summed E-state index contributed by atoms with van der Waals surface area (Å²) in [5.41, 5.74) is 7.21. The van der Waals surface area contributed by atoms with Crippen molar-refractivity contribution < 1.29 is 14.6 Å². The van der Waals surface area contributed by atoms with Gasteiger partial charge in [-0.3, -0.25) is 4.79 Å². The number of Topliss-reactive ketones (excluding diaryl/α,β-unsaturated/α-hetero) is 1. The van der Waals surface area contributed by atoms with E-state index in [-0.39, 0.29) is 11.5 Å². The van der Waals surface area contributed by atoms with Crippen LogP contribution in [0.25, 0.3) is 0 Å². The van der Waals surface area contributed by atoms with Crippen LogP contribution in [0.5, 0.6) is 11.5 Å². The van der Waals surface area contributed by atoms with Gasteiger partial charge >= 0.3 is 0 Å². The molecule has 0 aromatic heterocycles. The van der Waals surface area contributed by atoms with E-state index in [0.29, 0.717) is 35.4 Å². The number of hydrogen-bond acceptors (Lipinski definition) is 4. The molecule has 0 unspecified atom stereocenters. The topological polar surface area (TPSA) is 72.5 Å². The summed E-state index contributed by atoms with van der Waals surface area (Å²) >= 11 is 0. The van der Waals surface area contributed by atoms with E-state index in [1.54, 1.807) is 19.9 Å². The second-order valence-corrected chi connectivity index (χ2v) is 3.71. The van der Waals surface area contributed by atoms with Gasteiger partial charge in [-0.05, 0) is 32.0 Å². The Balaban J connectivity index is 3.31. The molecule has 0 saturated heterocycles. The minimum absolute atomic E-state index is 0.0265. The molecule has 0 bridgehead atoms. The lowest BCUT2D eigenvalue weighted by atomic mass is 9.98. The minimum atomic E-state index is -0.0265. The largest absolute Gasteiger partial charge is 0.504 e. The Kier molecular flexibility index (Phi) is 3.90. The summed E-state index contributed by atoms with van der Waals surface area (Å²) in [5, 5.41) is 9.75. The third-order valence-electron chi connectivity index (χ3n) is 2.57. The van der Waals surface area contributed by atoms with Crippen molar-refractivity contribution >= 4 is 5.78 Å². The molecule has 0 heterocycles. The van der Waals surface area contributed by atoms with Crippen LogP contribution in [0.1, 0.15) is 27.9 Å². The van der Waals surface area contributed by atoms with Crippen LogP contribution in [0, 0.1) is 13.8 Å². The van der Waals surface area contributed by atoms with E-state index < -0.39 is 0 Å². The van der Waals surface area contributed by atoms with Crippen LogP contribution in [-0.4, -0.2) is 24.5 Å². The SMILES string of the molecule is COc1c(C)c(C(=O)CCN)cc(C)c1O. The number of phenols is 1. The maximum Gasteiger partial charge on any atom is 0.164 e. The highest BCUT2D eigenvalue weighted by molar-refractivity contribution is 5.98. The number of ketones is 1. The molecule has 4 heteroatoms. The Morgan fingerprint density at radius 3 is 2.62 bits per heavy atom. The summed E-state index contributed by atoms with van der Waals surface area (Å²) in [7, 11) is 1.47. The predicted molar refractivity (Wildman–Crippen MR) is 62.1 cm³/mol. The molecule has 0 amide bonds. The van der Waals surface area contributed by atoms with Gasteiger partial charge in [-0.25, -0.2) is 0 Å². The fraction of sp³-hybridized carbons (Fsp3) is 0.417. The van der Waals surface area contributed by atoms with Gasteiger partial charge in [0.1, 0.15) is 0 Å². The van der Waals surface area contributed by atoms with E-state index in [4.69, 9.17) is 10.5 Å². The van der Waals surface area contributed by atoms with Gasteiger partial charge < -0.3 is 15.6 Å². The lowest BCUT2D eigenvalue weighted by Gasteiger charge is -2.13. The van der Waals surface area contributed by atoms with Crippen molar-refractivity contribution in [2.75, 3.05) is 13.7 Å². The molecular formula is C12H17NO3. The predicted octanol–water partition coefficient (Wildman–Crippen LogP) is 1.55. The number of aromatic hydroxyl groups is 1. The number of hydrogen-bond donors (Lipinski definition) is 2. The van der Waals surface area contributed by atoms with Crippen LogP contribution in [-0.2, 0) is 0 Å². The molecular weight excluding hydrogens is 206 g/mol. The molecule has 4 nitrogen and oxygen atoms in total. The number of rotatable bonds is 4. The zero-order valence-corrected chi connectivity index (χ0v) is 9.83. The Morgan fingerprint density at radius 1 is 1.50 bits per heavy atom. The summed E-state index contributed by atoms with van der Waals surface area (Å²) in [6.07, 6.45) is 0.300. The molecule has 0 saturated carbocycles. The first kappa shape index (κ1) is 12.5. The monoisotopic (exact) mass is 223 g/mol. The molecule has 0 radical (unpaired) electrons. The van der Waals surface area contributed by atoms with Crippen molar-refractivity contribution in [2.24, 2.45) is 5.73 Å². The zero-order valence-electron chi connectivity index (χ0n) is 9.83. The number of ether oxygens (including phenoxy) is 1. The van der Waals surface area contributed by atoms with Gasteiger partial charge in [-0.15, -0.1) is 0 Å². The molecule has 16 heavy (non-hydrogen) atoms. The van der Waals surface area contributed by atoms with Crippen molar-refractivity contribution in [3.63, 3.8) is 0 Å². The number of methoxy groups -OCH3 is 1. The summed E-state index contributed by atoms with van der Waals surface area (Å²) < 4.78 is 5.09. The molecule has 0 atom stereocenters. The van der Waals surface area contributed by atoms with Crippen molar-refractivity contribution in [3.8, 4) is 11.5 Å². The molecule has 1 rings (SSSR count). The molecule has 0 aliphatic rings.